The van der Waals surface area contributed by atoms with E-state index in [0.717, 1.165) is 11.1 Å². The third kappa shape index (κ3) is 5.10. The van der Waals surface area contributed by atoms with Gasteiger partial charge in [0.25, 0.3) is 11.8 Å². The van der Waals surface area contributed by atoms with Gasteiger partial charge in [-0.25, -0.2) is 4.99 Å². The van der Waals surface area contributed by atoms with Crippen molar-refractivity contribution < 1.29 is 19.1 Å². The van der Waals surface area contributed by atoms with Gasteiger partial charge in [0.15, 0.2) is 23.3 Å². The van der Waals surface area contributed by atoms with Crippen molar-refractivity contribution in [3.05, 3.63) is 57.5 Å². The van der Waals surface area contributed by atoms with Gasteiger partial charge in [-0.15, -0.1) is 0 Å². The Labute approximate surface area is 176 Å². The molecule has 1 aliphatic rings. The van der Waals surface area contributed by atoms with E-state index in [1.165, 1.54) is 18.9 Å². The number of methoxy groups -OCH3 is 1. The number of hydrogen-bond donors (Lipinski definition) is 2. The molecule has 29 heavy (non-hydrogen) atoms. The number of nitrogens with one attached hydrogen (secondary N) is 1. The molecule has 3 rings (SSSR count). The SMILES string of the molecule is COc1cc(/C=C2\SC(=Nc3cccc(Cl)c3C)NC2=O)ccc1OCC(N)=O. The zero-order chi connectivity index (χ0) is 21.0. The lowest BCUT2D eigenvalue weighted by Gasteiger charge is -2.10. The summed E-state index contributed by atoms with van der Waals surface area (Å²) in [6.45, 7) is 1.62. The molecular formula is C20H18ClN3O4S. The van der Waals surface area contributed by atoms with Crippen LogP contribution in [0.2, 0.25) is 5.02 Å². The fourth-order valence-electron chi connectivity index (χ4n) is 2.50. The summed E-state index contributed by atoms with van der Waals surface area (Å²) in [5.74, 6) is -0.0245. The lowest BCUT2D eigenvalue weighted by atomic mass is 10.2. The summed E-state index contributed by atoms with van der Waals surface area (Å²) in [6.07, 6.45) is 1.72. The van der Waals surface area contributed by atoms with Crippen LogP contribution in [0.5, 0.6) is 11.5 Å². The van der Waals surface area contributed by atoms with E-state index in [0.29, 0.717) is 32.3 Å². The van der Waals surface area contributed by atoms with E-state index in [-0.39, 0.29) is 12.5 Å². The zero-order valence-corrected chi connectivity index (χ0v) is 17.3. The van der Waals surface area contributed by atoms with Crippen molar-refractivity contribution in [2.75, 3.05) is 13.7 Å². The molecule has 0 atom stereocenters. The number of amidine groups is 1. The highest BCUT2D eigenvalue weighted by molar-refractivity contribution is 8.18. The number of benzene rings is 2. The molecule has 7 nitrogen and oxygen atoms in total. The van der Waals surface area contributed by atoms with E-state index < -0.39 is 5.91 Å². The van der Waals surface area contributed by atoms with Crippen molar-refractivity contribution >= 4 is 52.1 Å². The number of ether oxygens (including phenoxy) is 2. The minimum atomic E-state index is -0.584. The fraction of sp³-hybridized carbons (Fsp3) is 0.150. The van der Waals surface area contributed by atoms with Gasteiger partial charge in [0.2, 0.25) is 0 Å². The van der Waals surface area contributed by atoms with Gasteiger partial charge in [-0.2, -0.15) is 0 Å². The minimum absolute atomic E-state index is 0.249. The first-order valence-electron chi connectivity index (χ1n) is 8.51. The molecule has 9 heteroatoms. The van der Waals surface area contributed by atoms with Gasteiger partial charge >= 0.3 is 0 Å². The maximum atomic E-state index is 12.3. The van der Waals surface area contributed by atoms with Crippen molar-refractivity contribution in [3.8, 4) is 11.5 Å². The Hall–Kier alpha value is -2.97. The van der Waals surface area contributed by atoms with E-state index in [9.17, 15) is 9.59 Å². The summed E-state index contributed by atoms with van der Waals surface area (Å²) in [5.41, 5.74) is 7.35. The number of amides is 2. The Kier molecular flexibility index (Phi) is 6.46. The van der Waals surface area contributed by atoms with E-state index in [1.807, 2.05) is 13.0 Å². The molecule has 3 N–H and O–H groups in total. The Morgan fingerprint density at radius 1 is 1.31 bits per heavy atom. The first-order valence-corrected chi connectivity index (χ1v) is 9.70. The highest BCUT2D eigenvalue weighted by Crippen LogP contribution is 2.33. The van der Waals surface area contributed by atoms with Crippen molar-refractivity contribution in [2.24, 2.45) is 10.7 Å². The second-order valence-electron chi connectivity index (χ2n) is 6.03. The number of hydrogen-bond acceptors (Lipinski definition) is 6. The molecule has 0 unspecified atom stereocenters. The van der Waals surface area contributed by atoms with Gasteiger partial charge in [-0.05, 0) is 60.2 Å². The lowest BCUT2D eigenvalue weighted by Crippen LogP contribution is -2.20. The van der Waals surface area contributed by atoms with Crippen LogP contribution >= 0.6 is 23.4 Å². The number of rotatable bonds is 6. The van der Waals surface area contributed by atoms with Gasteiger partial charge in [-0.3, -0.25) is 9.59 Å². The molecule has 0 aromatic heterocycles. The van der Waals surface area contributed by atoms with Crippen LogP contribution in [-0.4, -0.2) is 30.7 Å². The number of primary amides is 1. The molecule has 1 heterocycles. The number of nitrogens with two attached hydrogens (primary N) is 1. The first kappa shape index (κ1) is 20.8. The third-order valence-corrected chi connectivity index (χ3v) is 5.29. The van der Waals surface area contributed by atoms with Crippen LogP contribution in [0.1, 0.15) is 11.1 Å². The maximum Gasteiger partial charge on any atom is 0.264 e. The van der Waals surface area contributed by atoms with Crippen LogP contribution in [0.4, 0.5) is 5.69 Å². The highest BCUT2D eigenvalue weighted by Gasteiger charge is 2.24. The molecule has 0 saturated carbocycles. The smallest absolute Gasteiger partial charge is 0.264 e. The molecule has 1 fully saturated rings. The second-order valence-corrected chi connectivity index (χ2v) is 7.47. The number of carbonyl (C=O) groups is 2. The highest BCUT2D eigenvalue weighted by atomic mass is 35.5. The summed E-state index contributed by atoms with van der Waals surface area (Å²) in [5, 5.41) is 3.83. The average molecular weight is 432 g/mol. The van der Waals surface area contributed by atoms with Gasteiger partial charge in [0.05, 0.1) is 17.7 Å². The summed E-state index contributed by atoms with van der Waals surface area (Å²) < 4.78 is 10.6. The Balaban J connectivity index is 1.82. The quantitative estimate of drug-likeness (QED) is 0.682. The molecular weight excluding hydrogens is 414 g/mol. The summed E-state index contributed by atoms with van der Waals surface area (Å²) in [6, 6.07) is 10.5. The van der Waals surface area contributed by atoms with Crippen molar-refractivity contribution in [1.29, 1.82) is 0 Å². The zero-order valence-electron chi connectivity index (χ0n) is 15.7. The van der Waals surface area contributed by atoms with Crippen LogP contribution < -0.4 is 20.5 Å². The van der Waals surface area contributed by atoms with Crippen molar-refractivity contribution in [1.82, 2.24) is 5.32 Å². The van der Waals surface area contributed by atoms with Crippen LogP contribution in [0.3, 0.4) is 0 Å². The molecule has 2 aromatic carbocycles. The number of thioether (sulfide) groups is 1. The topological polar surface area (TPSA) is 103 Å². The molecule has 0 radical (unpaired) electrons. The predicted octanol–water partition coefficient (Wildman–Crippen LogP) is 3.41. The van der Waals surface area contributed by atoms with Gasteiger partial charge < -0.3 is 20.5 Å². The van der Waals surface area contributed by atoms with E-state index in [2.05, 4.69) is 10.3 Å². The molecule has 150 valence electrons. The van der Waals surface area contributed by atoms with Crippen LogP contribution in [0.15, 0.2) is 46.3 Å². The van der Waals surface area contributed by atoms with Gasteiger partial charge in [0, 0.05) is 5.02 Å². The largest absolute Gasteiger partial charge is 0.493 e. The predicted molar refractivity (Wildman–Crippen MR) is 115 cm³/mol. The Morgan fingerprint density at radius 3 is 2.83 bits per heavy atom. The summed E-state index contributed by atoms with van der Waals surface area (Å²) in [4.78, 5) is 28.2. The van der Waals surface area contributed by atoms with Crippen LogP contribution in [0, 0.1) is 6.92 Å². The maximum absolute atomic E-state index is 12.3. The van der Waals surface area contributed by atoms with Gasteiger partial charge in [-0.1, -0.05) is 23.7 Å². The minimum Gasteiger partial charge on any atom is -0.493 e. The number of carbonyl (C=O) groups excluding carboxylic acids is 2. The Morgan fingerprint density at radius 2 is 2.10 bits per heavy atom. The van der Waals surface area contributed by atoms with Crippen molar-refractivity contribution in [3.63, 3.8) is 0 Å². The van der Waals surface area contributed by atoms with Crippen molar-refractivity contribution in [2.45, 2.75) is 6.92 Å². The van der Waals surface area contributed by atoms with E-state index in [1.54, 1.807) is 36.4 Å². The Bertz CT molecular complexity index is 1040. The van der Waals surface area contributed by atoms with Crippen LogP contribution in [0.25, 0.3) is 6.08 Å². The monoisotopic (exact) mass is 431 g/mol. The number of nitrogens with zero attached hydrogens (tertiary/aromatic N) is 1. The third-order valence-electron chi connectivity index (χ3n) is 3.97. The first-order chi connectivity index (χ1) is 13.9. The molecule has 1 saturated heterocycles. The average Bonchev–Trinajstić information content (AvgIpc) is 3.03. The molecule has 0 aliphatic carbocycles. The number of aliphatic imine (C=N–C) groups is 1. The molecule has 0 spiro atoms. The molecule has 2 aromatic rings. The second kappa shape index (κ2) is 9.02. The lowest BCUT2D eigenvalue weighted by molar-refractivity contribution is -0.120. The molecule has 1 aliphatic heterocycles. The molecule has 0 bridgehead atoms. The standard InChI is InChI=1S/C20H18ClN3O4S/c1-11-13(21)4-3-5-14(11)23-20-24-19(26)17(29-20)9-12-6-7-15(16(8-12)27-2)28-10-18(22)25/h3-9H,10H2,1-2H3,(H2,22,25)(H,23,24,26)/b17-9-. The molecule has 2 amide bonds. The fourth-order valence-corrected chi connectivity index (χ4v) is 3.50. The van der Waals surface area contributed by atoms with Crippen LogP contribution in [-0.2, 0) is 9.59 Å². The van der Waals surface area contributed by atoms with Gasteiger partial charge in [0.1, 0.15) is 0 Å². The summed E-state index contributed by atoms with van der Waals surface area (Å²) in [7, 11) is 1.48. The van der Waals surface area contributed by atoms with E-state index >= 15 is 0 Å². The van der Waals surface area contributed by atoms with E-state index in [4.69, 9.17) is 26.8 Å². The normalized spacial score (nSPS) is 16.2. The summed E-state index contributed by atoms with van der Waals surface area (Å²) >= 11 is 7.35. The number of halogens is 1.